The molecule has 1 aromatic rings. The minimum absolute atomic E-state index is 0.370. The Morgan fingerprint density at radius 3 is 3.25 bits per heavy atom. The summed E-state index contributed by atoms with van der Waals surface area (Å²) in [5.74, 6) is 0. The van der Waals surface area contributed by atoms with Crippen molar-refractivity contribution >= 4 is 11.6 Å². The van der Waals surface area contributed by atoms with E-state index in [0.717, 1.165) is 45.6 Å². The second-order valence-corrected chi connectivity index (χ2v) is 4.82. The zero-order valence-corrected chi connectivity index (χ0v) is 9.96. The monoisotopic (exact) mass is 241 g/mol. The molecule has 0 aromatic carbocycles. The summed E-state index contributed by atoms with van der Waals surface area (Å²) in [5.41, 5.74) is 2.48. The SMILES string of the molecule is Clc1nn(C2CCCOC2)c2c1CCNC2. The van der Waals surface area contributed by atoms with Gasteiger partial charge in [-0.05, 0) is 25.8 Å². The molecule has 1 aromatic heterocycles. The van der Waals surface area contributed by atoms with Crippen LogP contribution in [0.15, 0.2) is 0 Å². The van der Waals surface area contributed by atoms with E-state index < -0.39 is 0 Å². The minimum atomic E-state index is 0.370. The topological polar surface area (TPSA) is 39.1 Å². The zero-order valence-electron chi connectivity index (χ0n) is 9.21. The van der Waals surface area contributed by atoms with Gasteiger partial charge in [-0.15, -0.1) is 0 Å². The van der Waals surface area contributed by atoms with E-state index in [1.54, 1.807) is 0 Å². The van der Waals surface area contributed by atoms with Crippen molar-refractivity contribution in [3.8, 4) is 0 Å². The number of halogens is 1. The molecule has 0 spiro atoms. The molecule has 0 aliphatic carbocycles. The molecule has 0 amide bonds. The molecule has 1 fully saturated rings. The number of rotatable bonds is 1. The molecule has 1 N–H and O–H groups in total. The van der Waals surface area contributed by atoms with Gasteiger partial charge >= 0.3 is 0 Å². The van der Waals surface area contributed by atoms with Gasteiger partial charge in [-0.3, -0.25) is 4.68 Å². The van der Waals surface area contributed by atoms with Crippen molar-refractivity contribution in [1.29, 1.82) is 0 Å². The Hall–Kier alpha value is -0.580. The van der Waals surface area contributed by atoms with Crippen molar-refractivity contribution in [2.24, 2.45) is 0 Å². The summed E-state index contributed by atoms with van der Waals surface area (Å²) in [6, 6.07) is 0.370. The zero-order chi connectivity index (χ0) is 11.0. The fourth-order valence-corrected chi connectivity index (χ4v) is 2.83. The quantitative estimate of drug-likeness (QED) is 0.811. The number of nitrogens with one attached hydrogen (secondary N) is 1. The highest BCUT2D eigenvalue weighted by molar-refractivity contribution is 6.30. The van der Waals surface area contributed by atoms with Crippen LogP contribution in [-0.4, -0.2) is 29.5 Å². The van der Waals surface area contributed by atoms with E-state index in [2.05, 4.69) is 15.1 Å². The molecule has 4 nitrogen and oxygen atoms in total. The number of ether oxygens (including phenoxy) is 1. The molecular formula is C11H16ClN3O. The van der Waals surface area contributed by atoms with E-state index in [9.17, 15) is 0 Å². The first-order chi connectivity index (χ1) is 7.86. The maximum Gasteiger partial charge on any atom is 0.154 e. The highest BCUT2D eigenvalue weighted by Gasteiger charge is 2.25. The average Bonchev–Trinajstić information content (AvgIpc) is 2.69. The predicted octanol–water partition coefficient (Wildman–Crippen LogP) is 1.53. The van der Waals surface area contributed by atoms with Gasteiger partial charge in [-0.1, -0.05) is 11.6 Å². The van der Waals surface area contributed by atoms with E-state index in [1.165, 1.54) is 11.3 Å². The summed E-state index contributed by atoms with van der Waals surface area (Å²) in [5, 5.41) is 8.53. The maximum atomic E-state index is 6.18. The van der Waals surface area contributed by atoms with Crippen LogP contribution >= 0.6 is 11.6 Å². The number of aromatic nitrogens is 2. The summed E-state index contributed by atoms with van der Waals surface area (Å²) in [4.78, 5) is 0. The molecule has 0 bridgehead atoms. The molecule has 3 heterocycles. The van der Waals surface area contributed by atoms with Crippen LogP contribution in [0.4, 0.5) is 0 Å². The molecule has 0 saturated carbocycles. The van der Waals surface area contributed by atoms with Crippen LogP contribution in [0.2, 0.25) is 5.15 Å². The summed E-state index contributed by atoms with van der Waals surface area (Å²) < 4.78 is 7.60. The molecule has 2 aliphatic rings. The summed E-state index contributed by atoms with van der Waals surface area (Å²) in [7, 11) is 0. The third-order valence-corrected chi connectivity index (χ3v) is 3.70. The predicted molar refractivity (Wildman–Crippen MR) is 61.7 cm³/mol. The van der Waals surface area contributed by atoms with Gasteiger partial charge in [-0.2, -0.15) is 5.10 Å². The molecule has 2 aliphatic heterocycles. The van der Waals surface area contributed by atoms with Gasteiger partial charge in [0.2, 0.25) is 0 Å². The summed E-state index contributed by atoms with van der Waals surface area (Å²) >= 11 is 6.18. The maximum absolute atomic E-state index is 6.18. The lowest BCUT2D eigenvalue weighted by Gasteiger charge is -2.25. The van der Waals surface area contributed by atoms with Crippen molar-refractivity contribution in [3.05, 3.63) is 16.4 Å². The van der Waals surface area contributed by atoms with Crippen LogP contribution in [0.5, 0.6) is 0 Å². The van der Waals surface area contributed by atoms with Gasteiger partial charge in [0.15, 0.2) is 5.15 Å². The highest BCUT2D eigenvalue weighted by atomic mass is 35.5. The Labute approximate surface area is 99.9 Å². The van der Waals surface area contributed by atoms with Crippen molar-refractivity contribution in [2.45, 2.75) is 31.8 Å². The molecule has 88 valence electrons. The second-order valence-electron chi connectivity index (χ2n) is 4.46. The van der Waals surface area contributed by atoms with Crippen molar-refractivity contribution < 1.29 is 4.74 Å². The Morgan fingerprint density at radius 1 is 1.50 bits per heavy atom. The van der Waals surface area contributed by atoms with Crippen molar-refractivity contribution in [2.75, 3.05) is 19.8 Å². The lowest BCUT2D eigenvalue weighted by Crippen LogP contribution is -2.29. The molecule has 5 heteroatoms. The first-order valence-electron chi connectivity index (χ1n) is 5.90. The number of fused-ring (bicyclic) bond motifs is 1. The van der Waals surface area contributed by atoms with Gasteiger partial charge in [0.05, 0.1) is 18.3 Å². The van der Waals surface area contributed by atoms with Gasteiger partial charge < -0.3 is 10.1 Å². The second kappa shape index (κ2) is 4.35. The number of nitrogens with zero attached hydrogens (tertiary/aromatic N) is 2. The largest absolute Gasteiger partial charge is 0.379 e. The third-order valence-electron chi connectivity index (χ3n) is 3.40. The standard InChI is InChI=1S/C11H16ClN3O/c12-11-9-3-4-13-6-10(9)15(14-11)8-2-1-5-16-7-8/h8,13H,1-7H2. The van der Waals surface area contributed by atoms with Gasteiger partial charge in [0.25, 0.3) is 0 Å². The number of hydrogen-bond donors (Lipinski definition) is 1. The van der Waals surface area contributed by atoms with E-state index >= 15 is 0 Å². The Balaban J connectivity index is 1.93. The lowest BCUT2D eigenvalue weighted by atomic mass is 10.1. The molecule has 1 unspecified atom stereocenters. The smallest absolute Gasteiger partial charge is 0.154 e. The first-order valence-corrected chi connectivity index (χ1v) is 6.28. The average molecular weight is 242 g/mol. The summed E-state index contributed by atoms with van der Waals surface area (Å²) in [6.45, 7) is 3.53. The summed E-state index contributed by atoms with van der Waals surface area (Å²) in [6.07, 6.45) is 3.25. The normalized spacial score (nSPS) is 25.4. The molecule has 16 heavy (non-hydrogen) atoms. The van der Waals surface area contributed by atoms with Crippen LogP contribution in [0.25, 0.3) is 0 Å². The highest BCUT2D eigenvalue weighted by Crippen LogP contribution is 2.28. The van der Waals surface area contributed by atoms with E-state index in [1.807, 2.05) is 0 Å². The van der Waals surface area contributed by atoms with Crippen molar-refractivity contribution in [1.82, 2.24) is 15.1 Å². The Bertz CT molecular complexity index is 385. The Kier molecular flexibility index (Phi) is 2.88. The van der Waals surface area contributed by atoms with Gasteiger partial charge in [0, 0.05) is 18.7 Å². The van der Waals surface area contributed by atoms with Crippen LogP contribution in [0.1, 0.15) is 30.1 Å². The Morgan fingerprint density at radius 2 is 2.44 bits per heavy atom. The van der Waals surface area contributed by atoms with Crippen LogP contribution in [0, 0.1) is 0 Å². The third kappa shape index (κ3) is 1.75. The van der Waals surface area contributed by atoms with E-state index in [0.29, 0.717) is 11.2 Å². The molecule has 1 saturated heterocycles. The van der Waals surface area contributed by atoms with Crippen molar-refractivity contribution in [3.63, 3.8) is 0 Å². The first kappa shape index (κ1) is 10.6. The van der Waals surface area contributed by atoms with E-state index in [-0.39, 0.29) is 0 Å². The fraction of sp³-hybridized carbons (Fsp3) is 0.727. The van der Waals surface area contributed by atoms with Crippen LogP contribution in [0.3, 0.4) is 0 Å². The number of hydrogen-bond acceptors (Lipinski definition) is 3. The van der Waals surface area contributed by atoms with Crippen LogP contribution in [-0.2, 0) is 17.7 Å². The lowest BCUT2D eigenvalue weighted by molar-refractivity contribution is 0.0537. The van der Waals surface area contributed by atoms with Gasteiger partial charge in [0.1, 0.15) is 0 Å². The van der Waals surface area contributed by atoms with E-state index in [4.69, 9.17) is 16.3 Å². The van der Waals surface area contributed by atoms with Crippen LogP contribution < -0.4 is 5.32 Å². The molecular weight excluding hydrogens is 226 g/mol. The van der Waals surface area contributed by atoms with Gasteiger partial charge in [-0.25, -0.2) is 0 Å². The molecule has 1 atom stereocenters. The molecule has 3 rings (SSSR count). The molecule has 0 radical (unpaired) electrons. The minimum Gasteiger partial charge on any atom is -0.379 e. The fourth-order valence-electron chi connectivity index (χ4n) is 2.55.